The van der Waals surface area contributed by atoms with Crippen LogP contribution in [-0.2, 0) is 4.74 Å². The van der Waals surface area contributed by atoms with E-state index < -0.39 is 27.2 Å². The number of ether oxygens (including phenoxy) is 1. The monoisotopic (exact) mass is 311 g/mol. The van der Waals surface area contributed by atoms with Gasteiger partial charge in [0.25, 0.3) is 11.4 Å². The Hall–Kier alpha value is -2.71. The molecule has 0 fully saturated rings. The van der Waals surface area contributed by atoms with Gasteiger partial charge in [0, 0.05) is 18.7 Å². The second-order valence-corrected chi connectivity index (χ2v) is 4.40. The van der Waals surface area contributed by atoms with Crippen LogP contribution in [0.15, 0.2) is 12.1 Å². The SMILES string of the molecule is CCCCNc1c([N+](=O)[O-])cc(C(=O)OCC)cc1[N+](=O)[O-]. The molecule has 0 spiro atoms. The van der Waals surface area contributed by atoms with E-state index in [1.54, 1.807) is 6.92 Å². The number of nitro groups is 2. The van der Waals surface area contributed by atoms with E-state index in [2.05, 4.69) is 5.32 Å². The molecule has 0 bridgehead atoms. The Morgan fingerprint density at radius 1 is 1.18 bits per heavy atom. The fourth-order valence-corrected chi connectivity index (χ4v) is 1.80. The molecule has 0 aliphatic carbocycles. The van der Waals surface area contributed by atoms with Crippen molar-refractivity contribution in [2.75, 3.05) is 18.5 Å². The van der Waals surface area contributed by atoms with E-state index in [1.165, 1.54) is 0 Å². The molecule has 0 atom stereocenters. The van der Waals surface area contributed by atoms with E-state index in [0.29, 0.717) is 13.0 Å². The van der Waals surface area contributed by atoms with Crippen LogP contribution in [0.3, 0.4) is 0 Å². The maximum atomic E-state index is 11.7. The number of rotatable bonds is 8. The Balaban J connectivity index is 3.36. The number of anilines is 1. The highest BCUT2D eigenvalue weighted by Crippen LogP contribution is 2.36. The van der Waals surface area contributed by atoms with Crippen LogP contribution < -0.4 is 5.32 Å². The minimum Gasteiger partial charge on any atom is -0.462 e. The molecule has 0 unspecified atom stereocenters. The molecule has 0 aromatic heterocycles. The van der Waals surface area contributed by atoms with Crippen LogP contribution in [0.4, 0.5) is 17.1 Å². The molecular weight excluding hydrogens is 294 g/mol. The molecule has 120 valence electrons. The molecule has 22 heavy (non-hydrogen) atoms. The maximum absolute atomic E-state index is 11.7. The summed E-state index contributed by atoms with van der Waals surface area (Å²) in [6.07, 6.45) is 1.53. The van der Waals surface area contributed by atoms with Crippen molar-refractivity contribution in [3.8, 4) is 0 Å². The van der Waals surface area contributed by atoms with E-state index in [0.717, 1.165) is 18.6 Å². The summed E-state index contributed by atoms with van der Waals surface area (Å²) in [5.41, 5.74) is -1.46. The van der Waals surface area contributed by atoms with Crippen molar-refractivity contribution in [2.24, 2.45) is 0 Å². The van der Waals surface area contributed by atoms with Gasteiger partial charge >= 0.3 is 5.97 Å². The quantitative estimate of drug-likeness (QED) is 0.338. The molecule has 0 heterocycles. The topological polar surface area (TPSA) is 125 Å². The number of hydrogen-bond acceptors (Lipinski definition) is 7. The van der Waals surface area contributed by atoms with Gasteiger partial charge in [0.1, 0.15) is 0 Å². The van der Waals surface area contributed by atoms with Gasteiger partial charge in [-0.1, -0.05) is 13.3 Å². The van der Waals surface area contributed by atoms with Gasteiger partial charge in [-0.2, -0.15) is 0 Å². The molecule has 9 nitrogen and oxygen atoms in total. The second kappa shape index (κ2) is 7.91. The Bertz CT molecular complexity index is 552. The van der Waals surface area contributed by atoms with Crippen LogP contribution in [0, 0.1) is 20.2 Å². The van der Waals surface area contributed by atoms with Crippen molar-refractivity contribution >= 4 is 23.0 Å². The number of carbonyl (C=O) groups is 1. The average Bonchev–Trinajstić information content (AvgIpc) is 2.47. The fourth-order valence-electron chi connectivity index (χ4n) is 1.80. The largest absolute Gasteiger partial charge is 0.462 e. The first-order valence-electron chi connectivity index (χ1n) is 6.80. The van der Waals surface area contributed by atoms with Crippen LogP contribution in [-0.4, -0.2) is 29.0 Å². The zero-order chi connectivity index (χ0) is 16.7. The standard InChI is InChI=1S/C13H17N3O6/c1-3-5-6-14-12-10(15(18)19)7-9(13(17)22-4-2)8-11(12)16(20)21/h7-8,14H,3-6H2,1-2H3. The van der Waals surface area contributed by atoms with Crippen molar-refractivity contribution in [1.82, 2.24) is 0 Å². The summed E-state index contributed by atoms with van der Waals surface area (Å²) in [6.45, 7) is 3.92. The zero-order valence-corrected chi connectivity index (χ0v) is 12.3. The predicted molar refractivity (Wildman–Crippen MR) is 79.1 cm³/mol. The molecule has 0 radical (unpaired) electrons. The molecule has 9 heteroatoms. The number of benzene rings is 1. The van der Waals surface area contributed by atoms with E-state index in [4.69, 9.17) is 4.74 Å². The smallest absolute Gasteiger partial charge is 0.338 e. The van der Waals surface area contributed by atoms with Gasteiger partial charge in [-0.3, -0.25) is 20.2 Å². The highest BCUT2D eigenvalue weighted by Gasteiger charge is 2.28. The molecule has 0 saturated heterocycles. The Morgan fingerprint density at radius 2 is 1.73 bits per heavy atom. The lowest BCUT2D eigenvalue weighted by Crippen LogP contribution is -2.10. The van der Waals surface area contributed by atoms with Gasteiger partial charge in [-0.05, 0) is 13.3 Å². The van der Waals surface area contributed by atoms with E-state index >= 15 is 0 Å². The predicted octanol–water partition coefficient (Wildman–Crippen LogP) is 2.89. The van der Waals surface area contributed by atoms with Crippen LogP contribution in [0.25, 0.3) is 0 Å². The summed E-state index contributed by atoms with van der Waals surface area (Å²) in [6, 6.07) is 1.97. The highest BCUT2D eigenvalue weighted by molar-refractivity contribution is 5.93. The van der Waals surface area contributed by atoms with E-state index in [1.807, 2.05) is 6.92 Å². The normalized spacial score (nSPS) is 10.1. The minimum absolute atomic E-state index is 0.0664. The van der Waals surface area contributed by atoms with Crippen LogP contribution in [0.2, 0.25) is 0 Å². The Kier molecular flexibility index (Phi) is 6.24. The Labute approximate surface area is 126 Å². The van der Waals surface area contributed by atoms with Crippen molar-refractivity contribution < 1.29 is 19.4 Å². The Morgan fingerprint density at radius 3 is 2.14 bits per heavy atom. The van der Waals surface area contributed by atoms with Gasteiger partial charge < -0.3 is 10.1 Å². The molecule has 0 saturated carbocycles. The summed E-state index contributed by atoms with van der Waals surface area (Å²) in [5, 5.41) is 25.0. The lowest BCUT2D eigenvalue weighted by atomic mass is 10.1. The van der Waals surface area contributed by atoms with Crippen LogP contribution in [0.1, 0.15) is 37.0 Å². The lowest BCUT2D eigenvalue weighted by Gasteiger charge is -2.09. The third kappa shape index (κ3) is 4.14. The van der Waals surface area contributed by atoms with E-state index in [9.17, 15) is 25.0 Å². The highest BCUT2D eigenvalue weighted by atomic mass is 16.6. The number of nitrogens with zero attached hydrogens (tertiary/aromatic N) is 2. The summed E-state index contributed by atoms with van der Waals surface area (Å²) in [7, 11) is 0. The number of hydrogen-bond donors (Lipinski definition) is 1. The third-order valence-corrected chi connectivity index (χ3v) is 2.83. The van der Waals surface area contributed by atoms with Crippen molar-refractivity contribution in [3.05, 3.63) is 37.9 Å². The molecule has 1 aromatic rings. The van der Waals surface area contributed by atoms with Gasteiger partial charge in [0.15, 0.2) is 5.69 Å². The first-order chi connectivity index (χ1) is 10.4. The summed E-state index contributed by atoms with van der Waals surface area (Å²) < 4.78 is 4.73. The van der Waals surface area contributed by atoms with Crippen molar-refractivity contribution in [2.45, 2.75) is 26.7 Å². The minimum atomic E-state index is -0.839. The van der Waals surface area contributed by atoms with Crippen molar-refractivity contribution in [3.63, 3.8) is 0 Å². The molecular formula is C13H17N3O6. The second-order valence-electron chi connectivity index (χ2n) is 4.40. The molecule has 0 aliphatic heterocycles. The number of esters is 1. The molecule has 0 amide bonds. The summed E-state index contributed by atoms with van der Waals surface area (Å²) >= 11 is 0. The number of carbonyl (C=O) groups excluding carboxylic acids is 1. The van der Waals surface area contributed by atoms with Gasteiger partial charge in [0.2, 0.25) is 0 Å². The molecule has 0 aliphatic rings. The van der Waals surface area contributed by atoms with Gasteiger partial charge in [-0.15, -0.1) is 0 Å². The molecule has 1 N–H and O–H groups in total. The first-order valence-corrected chi connectivity index (χ1v) is 6.80. The third-order valence-electron chi connectivity index (χ3n) is 2.83. The average molecular weight is 311 g/mol. The lowest BCUT2D eigenvalue weighted by molar-refractivity contribution is -0.392. The molecule has 1 rings (SSSR count). The van der Waals surface area contributed by atoms with Crippen LogP contribution >= 0.6 is 0 Å². The zero-order valence-electron chi connectivity index (χ0n) is 12.3. The van der Waals surface area contributed by atoms with Crippen LogP contribution in [0.5, 0.6) is 0 Å². The number of unbranched alkanes of at least 4 members (excludes halogenated alkanes) is 1. The van der Waals surface area contributed by atoms with Gasteiger partial charge in [-0.25, -0.2) is 4.79 Å². The number of nitro benzene ring substituents is 2. The van der Waals surface area contributed by atoms with Crippen molar-refractivity contribution in [1.29, 1.82) is 0 Å². The number of nitrogens with one attached hydrogen (secondary N) is 1. The summed E-state index contributed by atoms with van der Waals surface area (Å²) in [5.74, 6) is -0.839. The van der Waals surface area contributed by atoms with E-state index in [-0.39, 0.29) is 17.9 Å². The molecule has 1 aromatic carbocycles. The maximum Gasteiger partial charge on any atom is 0.338 e. The fraction of sp³-hybridized carbons (Fsp3) is 0.462. The summed E-state index contributed by atoms with van der Waals surface area (Å²) in [4.78, 5) is 32.5. The van der Waals surface area contributed by atoms with Gasteiger partial charge in [0.05, 0.1) is 22.0 Å². The first kappa shape index (κ1) is 17.3.